The maximum Gasteiger partial charge on any atom is 0.242 e. The molecule has 1 aromatic rings. The standard InChI is InChI=1S/C22H25N3O3/c26-18(24-10-8-23(9-11-24)13-15-4-2-1-3-5-15)14-25-21(27)19-16-6-7-17(12-16)20(19)22(25)28/h1-7,16-17,19-20H,8-14H2/t16-,17-,19-,20+/m0/s1. The molecule has 2 bridgehead atoms. The fraction of sp³-hybridized carbons (Fsp3) is 0.500. The summed E-state index contributed by atoms with van der Waals surface area (Å²) in [6.07, 6.45) is 5.07. The van der Waals surface area contributed by atoms with Crippen LogP contribution in [0.5, 0.6) is 0 Å². The van der Waals surface area contributed by atoms with E-state index in [-0.39, 0.29) is 47.9 Å². The molecule has 146 valence electrons. The van der Waals surface area contributed by atoms with Crippen LogP contribution in [0.25, 0.3) is 0 Å². The summed E-state index contributed by atoms with van der Waals surface area (Å²) in [5, 5.41) is 0. The Morgan fingerprint density at radius 1 is 0.893 bits per heavy atom. The molecule has 2 aliphatic carbocycles. The van der Waals surface area contributed by atoms with E-state index in [2.05, 4.69) is 29.2 Å². The summed E-state index contributed by atoms with van der Waals surface area (Å²) >= 11 is 0. The Hall–Kier alpha value is -2.47. The summed E-state index contributed by atoms with van der Waals surface area (Å²) in [5.41, 5.74) is 1.27. The molecule has 0 aromatic heterocycles. The van der Waals surface area contributed by atoms with Gasteiger partial charge in [0.15, 0.2) is 0 Å². The Morgan fingerprint density at radius 3 is 2.11 bits per heavy atom. The van der Waals surface area contributed by atoms with E-state index in [1.807, 2.05) is 18.2 Å². The summed E-state index contributed by atoms with van der Waals surface area (Å²) in [6.45, 7) is 3.68. The Bertz CT molecular complexity index is 799. The number of carbonyl (C=O) groups excluding carboxylic acids is 3. The van der Waals surface area contributed by atoms with E-state index in [4.69, 9.17) is 0 Å². The smallest absolute Gasteiger partial charge is 0.242 e. The Morgan fingerprint density at radius 2 is 1.50 bits per heavy atom. The van der Waals surface area contributed by atoms with E-state index in [0.717, 1.165) is 26.1 Å². The summed E-state index contributed by atoms with van der Waals surface area (Å²) in [7, 11) is 0. The van der Waals surface area contributed by atoms with Gasteiger partial charge in [-0.2, -0.15) is 0 Å². The number of hydrogen-bond acceptors (Lipinski definition) is 4. The molecule has 4 aliphatic rings. The fourth-order valence-electron chi connectivity index (χ4n) is 5.35. The predicted molar refractivity (Wildman–Crippen MR) is 103 cm³/mol. The van der Waals surface area contributed by atoms with Crippen molar-refractivity contribution in [1.82, 2.24) is 14.7 Å². The Balaban J connectivity index is 1.16. The largest absolute Gasteiger partial charge is 0.339 e. The lowest BCUT2D eigenvalue weighted by molar-refractivity contribution is -0.147. The van der Waals surface area contributed by atoms with Crippen molar-refractivity contribution < 1.29 is 14.4 Å². The molecule has 1 aromatic carbocycles. The second-order valence-electron chi connectivity index (χ2n) is 8.41. The van der Waals surface area contributed by atoms with Crippen molar-refractivity contribution >= 4 is 17.7 Å². The fourth-order valence-corrected chi connectivity index (χ4v) is 5.35. The first kappa shape index (κ1) is 17.6. The maximum atomic E-state index is 12.8. The van der Waals surface area contributed by atoms with Crippen molar-refractivity contribution in [2.75, 3.05) is 32.7 Å². The van der Waals surface area contributed by atoms with Crippen molar-refractivity contribution in [3.05, 3.63) is 48.0 Å². The number of allylic oxidation sites excluding steroid dienone is 2. The summed E-state index contributed by atoms with van der Waals surface area (Å²) in [4.78, 5) is 43.6. The molecular formula is C22H25N3O3. The highest BCUT2D eigenvalue weighted by Gasteiger charge is 2.59. The quantitative estimate of drug-likeness (QED) is 0.581. The SMILES string of the molecule is O=C(CN1C(=O)[C@@H]2[C@H](C1=O)[C@H]1C=C[C@H]2C1)N1CCN(Cc2ccccc2)CC1. The molecule has 6 nitrogen and oxygen atoms in total. The summed E-state index contributed by atoms with van der Waals surface area (Å²) < 4.78 is 0. The van der Waals surface area contributed by atoms with Gasteiger partial charge < -0.3 is 4.90 Å². The van der Waals surface area contributed by atoms with Gasteiger partial charge >= 0.3 is 0 Å². The molecular weight excluding hydrogens is 354 g/mol. The van der Waals surface area contributed by atoms with Gasteiger partial charge in [-0.1, -0.05) is 42.5 Å². The molecule has 5 rings (SSSR count). The molecule has 6 heteroatoms. The first-order valence-corrected chi connectivity index (χ1v) is 10.2. The first-order valence-electron chi connectivity index (χ1n) is 10.2. The molecule has 2 heterocycles. The Kier molecular flexibility index (Phi) is 4.31. The average molecular weight is 379 g/mol. The number of piperazine rings is 1. The van der Waals surface area contributed by atoms with Crippen LogP contribution in [-0.2, 0) is 20.9 Å². The maximum absolute atomic E-state index is 12.8. The van der Waals surface area contributed by atoms with Crippen LogP contribution in [0.4, 0.5) is 0 Å². The van der Waals surface area contributed by atoms with Crippen LogP contribution in [0.2, 0.25) is 0 Å². The molecule has 0 radical (unpaired) electrons. The van der Waals surface area contributed by atoms with Crippen LogP contribution in [-0.4, -0.2) is 65.1 Å². The third-order valence-electron chi connectivity index (χ3n) is 6.83. The number of benzene rings is 1. The highest BCUT2D eigenvalue weighted by Crippen LogP contribution is 2.52. The number of imide groups is 1. The average Bonchev–Trinajstić information content (AvgIpc) is 3.39. The van der Waals surface area contributed by atoms with Gasteiger partial charge in [-0.25, -0.2) is 0 Å². The summed E-state index contributed by atoms with van der Waals surface area (Å²) in [6, 6.07) is 10.3. The second-order valence-corrected chi connectivity index (χ2v) is 8.41. The molecule has 4 atom stereocenters. The number of nitrogens with zero attached hydrogens (tertiary/aromatic N) is 3. The van der Waals surface area contributed by atoms with Crippen molar-refractivity contribution in [1.29, 1.82) is 0 Å². The molecule has 3 amide bonds. The van der Waals surface area contributed by atoms with E-state index < -0.39 is 0 Å². The van der Waals surface area contributed by atoms with Gasteiger partial charge in [-0.3, -0.25) is 24.2 Å². The van der Waals surface area contributed by atoms with Crippen molar-refractivity contribution in [2.24, 2.45) is 23.7 Å². The van der Waals surface area contributed by atoms with Gasteiger partial charge in [-0.05, 0) is 23.8 Å². The zero-order valence-corrected chi connectivity index (χ0v) is 15.9. The number of amides is 3. The second kappa shape index (κ2) is 6.85. The van der Waals surface area contributed by atoms with Crippen LogP contribution in [0, 0.1) is 23.7 Å². The van der Waals surface area contributed by atoms with Gasteiger partial charge in [-0.15, -0.1) is 0 Å². The number of carbonyl (C=O) groups is 3. The lowest BCUT2D eigenvalue weighted by atomic mass is 9.85. The summed E-state index contributed by atoms with van der Waals surface area (Å²) in [5.74, 6) is -0.454. The minimum absolute atomic E-state index is 0.0945. The Labute approximate surface area is 164 Å². The van der Waals surface area contributed by atoms with E-state index in [0.29, 0.717) is 13.1 Å². The minimum atomic E-state index is -0.224. The third-order valence-corrected chi connectivity index (χ3v) is 6.83. The number of likely N-dealkylation sites (tertiary alicyclic amines) is 1. The van der Waals surface area contributed by atoms with Gasteiger partial charge in [0.1, 0.15) is 6.54 Å². The minimum Gasteiger partial charge on any atom is -0.339 e. The van der Waals surface area contributed by atoms with Gasteiger partial charge in [0.05, 0.1) is 11.8 Å². The van der Waals surface area contributed by atoms with E-state index in [1.165, 1.54) is 10.5 Å². The van der Waals surface area contributed by atoms with Crippen LogP contribution in [0.15, 0.2) is 42.5 Å². The predicted octanol–water partition coefficient (Wildman–Crippen LogP) is 1.14. The highest BCUT2D eigenvalue weighted by molar-refractivity contribution is 6.08. The first-order chi connectivity index (χ1) is 13.6. The van der Waals surface area contributed by atoms with Crippen LogP contribution >= 0.6 is 0 Å². The molecule has 1 saturated carbocycles. The van der Waals surface area contributed by atoms with Crippen molar-refractivity contribution in [2.45, 2.75) is 13.0 Å². The molecule has 2 aliphatic heterocycles. The molecule has 0 spiro atoms. The van der Waals surface area contributed by atoms with Gasteiger partial charge in [0, 0.05) is 32.7 Å². The lowest BCUT2D eigenvalue weighted by Gasteiger charge is -2.35. The highest BCUT2D eigenvalue weighted by atomic mass is 16.2. The number of rotatable bonds is 4. The molecule has 2 saturated heterocycles. The number of hydrogen-bond donors (Lipinski definition) is 0. The van der Waals surface area contributed by atoms with Crippen LogP contribution < -0.4 is 0 Å². The van der Waals surface area contributed by atoms with E-state index >= 15 is 0 Å². The lowest BCUT2D eigenvalue weighted by Crippen LogP contribution is -2.51. The zero-order chi connectivity index (χ0) is 19.3. The van der Waals surface area contributed by atoms with Gasteiger partial charge in [0.2, 0.25) is 17.7 Å². The number of fused-ring (bicyclic) bond motifs is 5. The molecule has 3 fully saturated rings. The van der Waals surface area contributed by atoms with E-state index in [1.54, 1.807) is 4.90 Å². The van der Waals surface area contributed by atoms with Crippen molar-refractivity contribution in [3.63, 3.8) is 0 Å². The normalized spacial score (nSPS) is 31.7. The van der Waals surface area contributed by atoms with E-state index in [9.17, 15) is 14.4 Å². The monoisotopic (exact) mass is 379 g/mol. The zero-order valence-electron chi connectivity index (χ0n) is 15.9. The van der Waals surface area contributed by atoms with Gasteiger partial charge in [0.25, 0.3) is 0 Å². The molecule has 28 heavy (non-hydrogen) atoms. The molecule has 0 unspecified atom stereocenters. The molecule has 0 N–H and O–H groups in total. The third kappa shape index (κ3) is 2.87. The topological polar surface area (TPSA) is 60.9 Å². The van der Waals surface area contributed by atoms with Crippen LogP contribution in [0.3, 0.4) is 0 Å². The van der Waals surface area contributed by atoms with Crippen molar-refractivity contribution in [3.8, 4) is 0 Å². The van der Waals surface area contributed by atoms with Crippen LogP contribution in [0.1, 0.15) is 12.0 Å².